The molecule has 0 spiro atoms. The number of hydrogen-bond donors (Lipinski definition) is 2. The summed E-state index contributed by atoms with van der Waals surface area (Å²) >= 11 is 7.07. The van der Waals surface area contributed by atoms with Crippen LogP contribution in [0.25, 0.3) is 11.2 Å². The molecule has 2 aromatic heterocycles. The molecule has 0 atom stereocenters. The van der Waals surface area contributed by atoms with Crippen LogP contribution in [0.15, 0.2) is 41.7 Å². The predicted molar refractivity (Wildman–Crippen MR) is 91.3 cm³/mol. The van der Waals surface area contributed by atoms with E-state index in [4.69, 9.17) is 11.6 Å². The third-order valence-corrected chi connectivity index (χ3v) is 4.06. The van der Waals surface area contributed by atoms with Crippen molar-refractivity contribution < 1.29 is 9.72 Å². The molecular weight excluding hydrogens is 354 g/mol. The van der Waals surface area contributed by atoms with Crippen LogP contribution in [-0.2, 0) is 4.79 Å². The molecule has 3 rings (SSSR count). The minimum Gasteiger partial charge on any atom is -0.331 e. The third kappa shape index (κ3) is 3.81. The maximum atomic E-state index is 11.9. The van der Waals surface area contributed by atoms with Crippen LogP contribution >= 0.6 is 23.4 Å². The van der Waals surface area contributed by atoms with Gasteiger partial charge in [0.05, 0.1) is 21.2 Å². The average molecular weight is 364 g/mol. The smallest absolute Gasteiger partial charge is 0.269 e. The summed E-state index contributed by atoms with van der Waals surface area (Å²) in [5.74, 6) is -0.120. The summed E-state index contributed by atoms with van der Waals surface area (Å²) in [5, 5.41) is 14.3. The molecule has 1 amide bonds. The first kappa shape index (κ1) is 16.2. The maximum Gasteiger partial charge on any atom is 0.269 e. The molecule has 2 heterocycles. The fourth-order valence-electron chi connectivity index (χ4n) is 1.92. The van der Waals surface area contributed by atoms with Gasteiger partial charge < -0.3 is 10.3 Å². The number of anilines is 1. The normalized spacial score (nSPS) is 10.7. The Morgan fingerprint density at radius 1 is 1.38 bits per heavy atom. The van der Waals surface area contributed by atoms with Crippen molar-refractivity contribution in [2.45, 2.75) is 5.16 Å². The van der Waals surface area contributed by atoms with Crippen LogP contribution in [0.1, 0.15) is 0 Å². The quantitative estimate of drug-likeness (QED) is 0.408. The van der Waals surface area contributed by atoms with Crippen molar-refractivity contribution >= 4 is 51.8 Å². The van der Waals surface area contributed by atoms with Gasteiger partial charge >= 0.3 is 0 Å². The number of amides is 1. The number of benzene rings is 1. The first-order valence-corrected chi connectivity index (χ1v) is 8.06. The molecule has 0 bridgehead atoms. The highest BCUT2D eigenvalue weighted by molar-refractivity contribution is 7.99. The molecule has 1 aromatic carbocycles. The summed E-state index contributed by atoms with van der Waals surface area (Å²) in [6.45, 7) is 0. The van der Waals surface area contributed by atoms with Gasteiger partial charge in [0.25, 0.3) is 5.69 Å². The lowest BCUT2D eigenvalue weighted by Crippen LogP contribution is -2.14. The fourth-order valence-corrected chi connectivity index (χ4v) is 2.75. The molecule has 3 aromatic rings. The van der Waals surface area contributed by atoms with E-state index in [2.05, 4.69) is 20.3 Å². The number of nitrogens with one attached hydrogen (secondary N) is 2. The topological polar surface area (TPSA) is 114 Å². The maximum absolute atomic E-state index is 11.9. The average Bonchev–Trinajstić information content (AvgIpc) is 2.95. The number of aromatic amines is 1. The van der Waals surface area contributed by atoms with Crippen LogP contribution in [0.3, 0.4) is 0 Å². The zero-order valence-electron chi connectivity index (χ0n) is 12.0. The van der Waals surface area contributed by atoms with E-state index < -0.39 is 4.92 Å². The second-order valence-electron chi connectivity index (χ2n) is 4.71. The number of non-ortho nitro benzene ring substituents is 1. The second kappa shape index (κ2) is 6.85. The molecule has 0 saturated heterocycles. The number of H-pyrrole nitrogens is 1. The van der Waals surface area contributed by atoms with Gasteiger partial charge in [0.2, 0.25) is 5.91 Å². The second-order valence-corrected chi connectivity index (χ2v) is 6.11. The summed E-state index contributed by atoms with van der Waals surface area (Å²) in [6.07, 6.45) is 1.50. The zero-order valence-corrected chi connectivity index (χ0v) is 13.6. The largest absolute Gasteiger partial charge is 0.331 e. The summed E-state index contributed by atoms with van der Waals surface area (Å²) in [7, 11) is 0. The molecule has 2 N–H and O–H groups in total. The van der Waals surface area contributed by atoms with Gasteiger partial charge in [-0.15, -0.1) is 0 Å². The number of imidazole rings is 1. The fraction of sp³-hybridized carbons (Fsp3) is 0.0714. The van der Waals surface area contributed by atoms with Gasteiger partial charge in [0, 0.05) is 24.0 Å². The van der Waals surface area contributed by atoms with E-state index in [1.165, 1.54) is 42.2 Å². The number of nitro benzene ring substituents is 1. The van der Waals surface area contributed by atoms with Crippen molar-refractivity contribution in [3.8, 4) is 0 Å². The first-order chi connectivity index (χ1) is 11.5. The monoisotopic (exact) mass is 363 g/mol. The number of carbonyl (C=O) groups excluding carboxylic acids is 1. The molecule has 0 fully saturated rings. The number of nitro groups is 1. The number of aromatic nitrogens is 3. The van der Waals surface area contributed by atoms with E-state index in [0.717, 1.165) is 0 Å². The first-order valence-electron chi connectivity index (χ1n) is 6.69. The molecule has 122 valence electrons. The van der Waals surface area contributed by atoms with Crippen LogP contribution in [0, 0.1) is 10.1 Å². The van der Waals surface area contributed by atoms with Gasteiger partial charge in [-0.1, -0.05) is 23.4 Å². The Labute approximate surface area is 144 Å². The van der Waals surface area contributed by atoms with Gasteiger partial charge in [-0.25, -0.2) is 9.97 Å². The summed E-state index contributed by atoms with van der Waals surface area (Å²) in [6, 6.07) is 7.33. The van der Waals surface area contributed by atoms with E-state index in [-0.39, 0.29) is 17.3 Å². The highest BCUT2D eigenvalue weighted by Gasteiger charge is 2.10. The summed E-state index contributed by atoms with van der Waals surface area (Å²) < 4.78 is 0. The SMILES string of the molecule is O=C(CSc1nc2ncc(Cl)cc2[nH]1)Nc1ccc([N+](=O)[O-])cc1. The number of halogens is 1. The molecule has 0 aliphatic heterocycles. The number of thioether (sulfide) groups is 1. The molecule has 10 heteroatoms. The standard InChI is InChI=1S/C14H10ClN5O3S/c15-8-5-11-13(16-6-8)19-14(18-11)24-7-12(21)17-9-1-3-10(4-2-9)20(22)23/h1-6H,7H2,(H,17,21)(H,16,18,19). The molecule has 24 heavy (non-hydrogen) atoms. The molecule has 0 aliphatic carbocycles. The molecule has 0 unspecified atom stereocenters. The molecule has 8 nitrogen and oxygen atoms in total. The van der Waals surface area contributed by atoms with Crippen LogP contribution < -0.4 is 5.32 Å². The van der Waals surface area contributed by atoms with Gasteiger partial charge in [-0.05, 0) is 18.2 Å². The van der Waals surface area contributed by atoms with Crippen LogP contribution in [0.5, 0.6) is 0 Å². The van der Waals surface area contributed by atoms with Crippen molar-refractivity contribution in [1.82, 2.24) is 15.0 Å². The molecular formula is C14H10ClN5O3S. The van der Waals surface area contributed by atoms with Gasteiger partial charge in [-0.3, -0.25) is 14.9 Å². The Bertz CT molecular complexity index is 912. The van der Waals surface area contributed by atoms with Crippen molar-refractivity contribution in [1.29, 1.82) is 0 Å². The van der Waals surface area contributed by atoms with Crippen LogP contribution in [0.4, 0.5) is 11.4 Å². The zero-order chi connectivity index (χ0) is 17.1. The van der Waals surface area contributed by atoms with Crippen molar-refractivity contribution in [3.63, 3.8) is 0 Å². The molecule has 0 saturated carbocycles. The van der Waals surface area contributed by atoms with Crippen LogP contribution in [-0.4, -0.2) is 31.5 Å². The highest BCUT2D eigenvalue weighted by Crippen LogP contribution is 2.21. The summed E-state index contributed by atoms with van der Waals surface area (Å²) in [4.78, 5) is 33.4. The number of pyridine rings is 1. The Hall–Kier alpha value is -2.65. The van der Waals surface area contributed by atoms with E-state index in [1.54, 1.807) is 6.07 Å². The number of nitrogens with zero attached hydrogens (tertiary/aromatic N) is 3. The van der Waals surface area contributed by atoms with E-state index in [0.29, 0.717) is 27.0 Å². The van der Waals surface area contributed by atoms with Crippen molar-refractivity contribution in [3.05, 3.63) is 51.7 Å². The Kier molecular flexibility index (Phi) is 4.63. The predicted octanol–water partition coefficient (Wildman–Crippen LogP) is 3.25. The third-order valence-electron chi connectivity index (χ3n) is 2.98. The van der Waals surface area contributed by atoms with Gasteiger partial charge in [-0.2, -0.15) is 0 Å². The lowest BCUT2D eigenvalue weighted by atomic mass is 10.3. The number of carbonyl (C=O) groups is 1. The highest BCUT2D eigenvalue weighted by atomic mass is 35.5. The summed E-state index contributed by atoms with van der Waals surface area (Å²) in [5.41, 5.74) is 1.68. The lowest BCUT2D eigenvalue weighted by molar-refractivity contribution is -0.384. The Balaban J connectivity index is 1.59. The van der Waals surface area contributed by atoms with Crippen LogP contribution in [0.2, 0.25) is 5.02 Å². The minimum absolute atomic E-state index is 0.0317. The van der Waals surface area contributed by atoms with Gasteiger partial charge in [0.15, 0.2) is 10.8 Å². The number of fused-ring (bicyclic) bond motifs is 1. The van der Waals surface area contributed by atoms with Crippen molar-refractivity contribution in [2.75, 3.05) is 11.1 Å². The van der Waals surface area contributed by atoms with E-state index in [9.17, 15) is 14.9 Å². The van der Waals surface area contributed by atoms with Gasteiger partial charge in [0.1, 0.15) is 0 Å². The van der Waals surface area contributed by atoms with E-state index in [1.807, 2.05) is 0 Å². The Morgan fingerprint density at radius 3 is 2.83 bits per heavy atom. The Morgan fingerprint density at radius 2 is 2.12 bits per heavy atom. The molecule has 0 aliphatic rings. The lowest BCUT2D eigenvalue weighted by Gasteiger charge is -2.03. The number of rotatable bonds is 5. The van der Waals surface area contributed by atoms with E-state index >= 15 is 0 Å². The molecule has 0 radical (unpaired) electrons. The van der Waals surface area contributed by atoms with Crippen molar-refractivity contribution in [2.24, 2.45) is 0 Å². The number of hydrogen-bond acceptors (Lipinski definition) is 6. The minimum atomic E-state index is -0.497.